The molecule has 0 spiro atoms. The molecule has 19 heavy (non-hydrogen) atoms. The van der Waals surface area contributed by atoms with Crippen LogP contribution in [-0.4, -0.2) is 75.1 Å². The van der Waals surface area contributed by atoms with Crippen molar-refractivity contribution in [3.05, 3.63) is 12.2 Å². The molecule has 110 valence electrons. The van der Waals surface area contributed by atoms with Crippen LogP contribution in [0.3, 0.4) is 0 Å². The van der Waals surface area contributed by atoms with Crippen LogP contribution >= 0.6 is 0 Å². The average molecular weight is 276 g/mol. The normalized spacial score (nSPS) is 47.9. The summed E-state index contributed by atoms with van der Waals surface area (Å²) in [7, 11) is 0. The first kappa shape index (κ1) is 14.9. The van der Waals surface area contributed by atoms with Crippen LogP contribution in [0.2, 0.25) is 0 Å². The van der Waals surface area contributed by atoms with E-state index >= 15 is 0 Å². The Morgan fingerprint density at radius 2 is 1.42 bits per heavy atom. The van der Waals surface area contributed by atoms with Gasteiger partial charge in [0.15, 0.2) is 6.29 Å². The molecule has 0 saturated carbocycles. The molecule has 0 radical (unpaired) electrons. The monoisotopic (exact) mass is 276 g/mol. The predicted octanol–water partition coefficient (Wildman–Crippen LogP) is -2.12. The Bertz CT molecular complexity index is 304. The molecule has 3 heterocycles. The lowest BCUT2D eigenvalue weighted by Gasteiger charge is -2.37. The molecule has 2 fully saturated rings. The van der Waals surface area contributed by atoms with Crippen LogP contribution in [0.5, 0.6) is 0 Å². The molecule has 2 saturated heterocycles. The Labute approximate surface area is 110 Å². The minimum atomic E-state index is -1.57. The van der Waals surface area contributed by atoms with Crippen LogP contribution in [0, 0.1) is 0 Å². The van der Waals surface area contributed by atoms with E-state index in [0.29, 0.717) is 12.2 Å². The first-order valence-electron chi connectivity index (χ1n) is 6.35. The highest BCUT2D eigenvalue weighted by Crippen LogP contribution is 2.27. The van der Waals surface area contributed by atoms with E-state index in [1.165, 1.54) is 12.8 Å². The van der Waals surface area contributed by atoms with Gasteiger partial charge in [0.2, 0.25) is 0 Å². The van der Waals surface area contributed by atoms with E-state index in [0.717, 1.165) is 0 Å². The molecule has 7 heteroatoms. The van der Waals surface area contributed by atoms with Crippen LogP contribution in [0.15, 0.2) is 12.2 Å². The highest BCUT2D eigenvalue weighted by atomic mass is 16.6. The second-order valence-corrected chi connectivity index (χ2v) is 4.89. The lowest BCUT2D eigenvalue weighted by atomic mass is 10.00. The van der Waals surface area contributed by atoms with Crippen LogP contribution in [-0.2, 0) is 9.47 Å². The quantitative estimate of drug-likeness (QED) is 0.347. The third kappa shape index (κ3) is 3.32. The van der Waals surface area contributed by atoms with Gasteiger partial charge in [-0.2, -0.15) is 0 Å². The van der Waals surface area contributed by atoms with Crippen LogP contribution < -0.4 is 0 Å². The minimum Gasteiger partial charge on any atom is -0.394 e. The highest BCUT2D eigenvalue weighted by Gasteiger charge is 2.42. The fraction of sp³-hybridized carbons (Fsp3) is 0.833. The maximum Gasteiger partial charge on any atom is 0.184 e. The summed E-state index contributed by atoms with van der Waals surface area (Å²) in [5.74, 6) is 0. The number of hydrogen-bond donors (Lipinski definition) is 5. The number of aliphatic hydroxyl groups excluding tert-OH is 5. The zero-order chi connectivity index (χ0) is 14.0. The first-order valence-corrected chi connectivity index (χ1v) is 6.35. The molecule has 3 aliphatic heterocycles. The standard InChI is InChI=1S/C6H12O6.C6H8O/c7-1-2-3(8)4(9)5(10)6(11)12-2;1-2-6-4-3-5(1)7-6/h2-11H,1H2;1-2,5-6H,3-4H2/t2-,3-,4+,5-,6-;/m1./s1. The number of fused-ring (bicyclic) bond motifs is 2. The summed E-state index contributed by atoms with van der Waals surface area (Å²) in [4.78, 5) is 0. The van der Waals surface area contributed by atoms with Crippen molar-refractivity contribution in [2.75, 3.05) is 6.61 Å². The van der Waals surface area contributed by atoms with Gasteiger partial charge in [-0.3, -0.25) is 0 Å². The number of ether oxygens (including phenoxy) is 2. The van der Waals surface area contributed by atoms with Crippen molar-refractivity contribution in [1.29, 1.82) is 0 Å². The van der Waals surface area contributed by atoms with E-state index in [9.17, 15) is 0 Å². The van der Waals surface area contributed by atoms with Gasteiger partial charge >= 0.3 is 0 Å². The Kier molecular flexibility index (Phi) is 4.91. The van der Waals surface area contributed by atoms with Gasteiger partial charge in [-0.05, 0) is 12.8 Å². The van der Waals surface area contributed by atoms with Gasteiger partial charge in [0, 0.05) is 0 Å². The Morgan fingerprint density at radius 3 is 1.79 bits per heavy atom. The van der Waals surface area contributed by atoms with Crippen molar-refractivity contribution in [3.8, 4) is 0 Å². The van der Waals surface area contributed by atoms with E-state index < -0.39 is 37.3 Å². The smallest absolute Gasteiger partial charge is 0.184 e. The lowest BCUT2D eigenvalue weighted by Crippen LogP contribution is -2.58. The van der Waals surface area contributed by atoms with Gasteiger partial charge in [-0.1, -0.05) is 12.2 Å². The van der Waals surface area contributed by atoms with Gasteiger partial charge in [-0.15, -0.1) is 0 Å². The third-order valence-electron chi connectivity index (χ3n) is 3.49. The molecule has 2 bridgehead atoms. The van der Waals surface area contributed by atoms with Crippen molar-refractivity contribution >= 4 is 0 Å². The molecule has 3 aliphatic rings. The molecular weight excluding hydrogens is 256 g/mol. The number of rotatable bonds is 1. The molecule has 0 aromatic heterocycles. The molecule has 0 aromatic carbocycles. The maximum atomic E-state index is 9.12. The van der Waals surface area contributed by atoms with Gasteiger partial charge in [0.05, 0.1) is 18.8 Å². The Balaban J connectivity index is 0.000000159. The summed E-state index contributed by atoms with van der Waals surface area (Å²) < 4.78 is 9.94. The van der Waals surface area contributed by atoms with Crippen molar-refractivity contribution in [1.82, 2.24) is 0 Å². The van der Waals surface area contributed by atoms with Gasteiger partial charge in [0.25, 0.3) is 0 Å². The fourth-order valence-corrected chi connectivity index (χ4v) is 2.30. The van der Waals surface area contributed by atoms with Crippen LogP contribution in [0.1, 0.15) is 12.8 Å². The second kappa shape index (κ2) is 6.27. The minimum absolute atomic E-state index is 0.491. The van der Waals surface area contributed by atoms with Crippen molar-refractivity contribution in [2.24, 2.45) is 0 Å². The molecule has 0 aromatic rings. The van der Waals surface area contributed by atoms with E-state index in [2.05, 4.69) is 16.9 Å². The van der Waals surface area contributed by atoms with E-state index in [1.54, 1.807) is 0 Å². The molecule has 7 nitrogen and oxygen atoms in total. The Morgan fingerprint density at radius 1 is 0.842 bits per heavy atom. The summed E-state index contributed by atoms with van der Waals surface area (Å²) in [6.45, 7) is -0.526. The van der Waals surface area contributed by atoms with Gasteiger partial charge in [0.1, 0.15) is 24.4 Å². The SMILES string of the molecule is C1=CC2CCC1O2.OC[C@H]1O[C@@H](O)[C@H](O)[C@@H](O)[C@@H]1O. The zero-order valence-electron chi connectivity index (χ0n) is 10.4. The topological polar surface area (TPSA) is 120 Å². The third-order valence-corrected chi connectivity index (χ3v) is 3.49. The number of aliphatic hydroxyl groups is 5. The highest BCUT2D eigenvalue weighted by molar-refractivity contribution is 5.07. The zero-order valence-corrected chi connectivity index (χ0v) is 10.4. The van der Waals surface area contributed by atoms with Gasteiger partial charge < -0.3 is 35.0 Å². The van der Waals surface area contributed by atoms with Gasteiger partial charge in [-0.25, -0.2) is 0 Å². The predicted molar refractivity (Wildman–Crippen MR) is 63.0 cm³/mol. The molecular formula is C12H20O7. The lowest BCUT2D eigenvalue weighted by molar-refractivity contribution is -0.286. The summed E-state index contributed by atoms with van der Waals surface area (Å²) in [5, 5.41) is 44.7. The largest absolute Gasteiger partial charge is 0.394 e. The van der Waals surface area contributed by atoms with Crippen LogP contribution in [0.25, 0.3) is 0 Å². The summed E-state index contributed by atoms with van der Waals surface area (Å²) in [6, 6.07) is 0. The first-order chi connectivity index (χ1) is 9.02. The number of hydrogen-bond acceptors (Lipinski definition) is 7. The summed E-state index contributed by atoms with van der Waals surface area (Å²) in [6.07, 6.45) is 0.765. The maximum absolute atomic E-state index is 9.12. The average Bonchev–Trinajstić information content (AvgIpc) is 3.06. The molecule has 3 rings (SSSR count). The second-order valence-electron chi connectivity index (χ2n) is 4.89. The van der Waals surface area contributed by atoms with Crippen molar-refractivity contribution in [3.63, 3.8) is 0 Å². The van der Waals surface area contributed by atoms with E-state index in [4.69, 9.17) is 30.3 Å². The summed E-state index contributed by atoms with van der Waals surface area (Å²) >= 11 is 0. The molecule has 7 atom stereocenters. The van der Waals surface area contributed by atoms with E-state index in [-0.39, 0.29) is 0 Å². The van der Waals surface area contributed by atoms with Crippen molar-refractivity contribution in [2.45, 2.75) is 55.8 Å². The summed E-state index contributed by atoms with van der Waals surface area (Å²) in [5.41, 5.74) is 0. The van der Waals surface area contributed by atoms with E-state index in [1.807, 2.05) is 0 Å². The molecule has 0 amide bonds. The Hall–Kier alpha value is -0.540. The van der Waals surface area contributed by atoms with Crippen LogP contribution in [0.4, 0.5) is 0 Å². The molecule has 5 N–H and O–H groups in total. The molecule has 2 unspecified atom stereocenters. The van der Waals surface area contributed by atoms with Crippen molar-refractivity contribution < 1.29 is 35.0 Å². The molecule has 0 aliphatic carbocycles. The fourth-order valence-electron chi connectivity index (χ4n) is 2.30.